The Morgan fingerprint density at radius 3 is 2.67 bits per heavy atom. The fraction of sp³-hybridized carbons (Fsp3) is 0.500. The van der Waals surface area contributed by atoms with Gasteiger partial charge in [0.2, 0.25) is 0 Å². The van der Waals surface area contributed by atoms with Gasteiger partial charge in [0, 0.05) is 11.8 Å². The van der Waals surface area contributed by atoms with Gasteiger partial charge >= 0.3 is 12.1 Å². The number of ether oxygens (including phenoxy) is 3. The van der Waals surface area contributed by atoms with Crippen LogP contribution in [0.5, 0.6) is 0 Å². The first-order valence-corrected chi connectivity index (χ1v) is 7.60. The maximum Gasteiger partial charge on any atom is 0.413 e. The van der Waals surface area contributed by atoms with Gasteiger partial charge in [0.05, 0.1) is 6.61 Å². The molecule has 0 bridgehead atoms. The highest BCUT2D eigenvalue weighted by Crippen LogP contribution is 2.28. The monoisotopic (exact) mass is 335 g/mol. The molecule has 0 aromatic carbocycles. The number of anilines is 1. The highest BCUT2D eigenvalue weighted by atomic mass is 16.6. The van der Waals surface area contributed by atoms with Crippen molar-refractivity contribution in [2.75, 3.05) is 11.9 Å². The van der Waals surface area contributed by atoms with E-state index in [4.69, 9.17) is 14.2 Å². The molecule has 8 nitrogen and oxygen atoms in total. The molecular weight excluding hydrogens is 314 g/mol. The van der Waals surface area contributed by atoms with E-state index in [1.807, 2.05) is 0 Å². The molecule has 8 heteroatoms. The van der Waals surface area contributed by atoms with E-state index in [1.165, 1.54) is 12.6 Å². The van der Waals surface area contributed by atoms with E-state index in [1.54, 1.807) is 39.8 Å². The van der Waals surface area contributed by atoms with Crippen LogP contribution in [0.15, 0.2) is 23.3 Å². The summed E-state index contributed by atoms with van der Waals surface area (Å²) in [7, 11) is 0. The molecule has 130 valence electrons. The number of nitrogens with zero attached hydrogens (tertiary/aromatic N) is 2. The Labute approximate surface area is 140 Å². The Morgan fingerprint density at radius 1 is 1.33 bits per heavy atom. The van der Waals surface area contributed by atoms with Crippen molar-refractivity contribution in [3.8, 4) is 0 Å². The van der Waals surface area contributed by atoms with E-state index >= 15 is 0 Å². The van der Waals surface area contributed by atoms with Gasteiger partial charge in [0.25, 0.3) is 0 Å². The summed E-state index contributed by atoms with van der Waals surface area (Å²) in [6.45, 7) is 7.32. The van der Waals surface area contributed by atoms with Gasteiger partial charge < -0.3 is 14.2 Å². The third kappa shape index (κ3) is 4.68. The molecule has 0 saturated carbocycles. The van der Waals surface area contributed by atoms with Crippen LogP contribution in [0.3, 0.4) is 0 Å². The lowest BCUT2D eigenvalue weighted by Gasteiger charge is -2.19. The first kappa shape index (κ1) is 17.7. The number of nitrogens with one attached hydrogen (secondary N) is 1. The van der Waals surface area contributed by atoms with Gasteiger partial charge in [-0.05, 0) is 33.8 Å². The first-order chi connectivity index (χ1) is 11.3. The van der Waals surface area contributed by atoms with Gasteiger partial charge in [0.1, 0.15) is 11.4 Å². The number of esters is 1. The Balaban J connectivity index is 2.01. The molecule has 24 heavy (non-hydrogen) atoms. The van der Waals surface area contributed by atoms with E-state index in [0.29, 0.717) is 11.4 Å². The standard InChI is InChI=1S/C16H21N3O5/c1-5-22-14(20)12-13(23-9-18-12)10-6-7-11(17-8-10)19-15(21)24-16(2,3)4/h6-9,12-13H,5H2,1-4H3,(H,17,19,21)/t12-,13+/m1/s1. The SMILES string of the molecule is CCOC(=O)[C@@H]1N=CO[C@H]1c1ccc(NC(=O)OC(C)(C)C)nc1. The van der Waals surface area contributed by atoms with Gasteiger partial charge in [-0.3, -0.25) is 5.32 Å². The van der Waals surface area contributed by atoms with E-state index < -0.39 is 29.8 Å². The highest BCUT2D eigenvalue weighted by molar-refractivity contribution is 5.83. The van der Waals surface area contributed by atoms with Gasteiger partial charge in [0.15, 0.2) is 18.5 Å². The molecule has 1 amide bonds. The number of carbonyl (C=O) groups is 2. The first-order valence-electron chi connectivity index (χ1n) is 7.60. The fourth-order valence-corrected chi connectivity index (χ4v) is 2.05. The summed E-state index contributed by atoms with van der Waals surface area (Å²) in [5, 5.41) is 2.53. The molecule has 0 spiro atoms. The minimum absolute atomic E-state index is 0.272. The summed E-state index contributed by atoms with van der Waals surface area (Å²) >= 11 is 0. The van der Waals surface area contributed by atoms with E-state index in [-0.39, 0.29) is 6.61 Å². The lowest BCUT2D eigenvalue weighted by Crippen LogP contribution is -2.28. The third-order valence-corrected chi connectivity index (χ3v) is 2.99. The molecule has 0 fully saturated rings. The molecule has 0 saturated heterocycles. The molecule has 1 aliphatic heterocycles. The molecule has 2 heterocycles. The number of aromatic nitrogens is 1. The molecule has 0 unspecified atom stereocenters. The Morgan fingerprint density at radius 2 is 2.08 bits per heavy atom. The van der Waals surface area contributed by atoms with Crippen LogP contribution in [0.4, 0.5) is 10.6 Å². The van der Waals surface area contributed by atoms with Crippen LogP contribution in [0, 0.1) is 0 Å². The molecule has 0 radical (unpaired) electrons. The number of aliphatic imine (C=N–C) groups is 1. The maximum absolute atomic E-state index is 11.9. The average Bonchev–Trinajstić information content (AvgIpc) is 2.95. The summed E-state index contributed by atoms with van der Waals surface area (Å²) in [5.41, 5.74) is 0.0617. The lowest BCUT2D eigenvalue weighted by atomic mass is 10.1. The minimum Gasteiger partial charge on any atom is -0.473 e. The van der Waals surface area contributed by atoms with Crippen molar-refractivity contribution in [2.24, 2.45) is 4.99 Å². The van der Waals surface area contributed by atoms with Crippen LogP contribution >= 0.6 is 0 Å². The Kier molecular flexibility index (Phi) is 5.38. The second-order valence-corrected chi connectivity index (χ2v) is 6.11. The van der Waals surface area contributed by atoms with Crippen LogP contribution in [-0.4, -0.2) is 41.7 Å². The van der Waals surface area contributed by atoms with Crippen molar-refractivity contribution in [3.63, 3.8) is 0 Å². The van der Waals surface area contributed by atoms with Crippen molar-refractivity contribution in [1.29, 1.82) is 0 Å². The predicted octanol–water partition coefficient (Wildman–Crippen LogP) is 2.46. The van der Waals surface area contributed by atoms with Gasteiger partial charge in [-0.25, -0.2) is 19.6 Å². The summed E-state index contributed by atoms with van der Waals surface area (Å²) < 4.78 is 15.5. The van der Waals surface area contributed by atoms with Gasteiger partial charge in [-0.1, -0.05) is 6.07 Å². The zero-order valence-electron chi connectivity index (χ0n) is 14.1. The molecule has 2 atom stereocenters. The second kappa shape index (κ2) is 7.29. The number of hydrogen-bond acceptors (Lipinski definition) is 7. The van der Waals surface area contributed by atoms with Gasteiger partial charge in [-0.15, -0.1) is 0 Å². The second-order valence-electron chi connectivity index (χ2n) is 6.11. The van der Waals surface area contributed by atoms with E-state index in [9.17, 15) is 9.59 Å². The van der Waals surface area contributed by atoms with Crippen LogP contribution in [-0.2, 0) is 19.0 Å². The summed E-state index contributed by atoms with van der Waals surface area (Å²) in [6, 6.07) is 2.55. The normalized spacial score (nSPS) is 19.5. The molecule has 1 aliphatic rings. The van der Waals surface area contributed by atoms with Crippen molar-refractivity contribution in [1.82, 2.24) is 4.98 Å². The van der Waals surface area contributed by atoms with E-state index in [2.05, 4.69) is 15.3 Å². The third-order valence-electron chi connectivity index (χ3n) is 2.99. The molecule has 2 rings (SSSR count). The maximum atomic E-state index is 11.9. The Hall–Kier alpha value is -2.64. The zero-order chi connectivity index (χ0) is 17.7. The molecule has 1 aromatic heterocycles. The number of amides is 1. The highest BCUT2D eigenvalue weighted by Gasteiger charge is 2.35. The van der Waals surface area contributed by atoms with E-state index in [0.717, 1.165) is 0 Å². The number of carbonyl (C=O) groups excluding carboxylic acids is 2. The zero-order valence-corrected chi connectivity index (χ0v) is 14.1. The molecule has 0 aliphatic carbocycles. The minimum atomic E-state index is -0.753. The summed E-state index contributed by atoms with van der Waals surface area (Å²) in [6.07, 6.45) is 1.57. The molecule has 1 N–H and O–H groups in total. The van der Waals surface area contributed by atoms with Gasteiger partial charge in [-0.2, -0.15) is 0 Å². The average molecular weight is 335 g/mol. The largest absolute Gasteiger partial charge is 0.473 e. The summed E-state index contributed by atoms with van der Waals surface area (Å²) in [5.74, 6) is -0.119. The van der Waals surface area contributed by atoms with Crippen LogP contribution in [0.2, 0.25) is 0 Å². The van der Waals surface area contributed by atoms with Crippen molar-refractivity contribution in [2.45, 2.75) is 45.4 Å². The quantitative estimate of drug-likeness (QED) is 0.849. The van der Waals surface area contributed by atoms with Crippen molar-refractivity contribution in [3.05, 3.63) is 23.9 Å². The molecule has 1 aromatic rings. The molecular formula is C16H21N3O5. The van der Waals surface area contributed by atoms with Crippen LogP contribution < -0.4 is 5.32 Å². The topological polar surface area (TPSA) is 99.1 Å². The summed E-state index contributed by atoms with van der Waals surface area (Å²) in [4.78, 5) is 31.7. The Bertz CT molecular complexity index is 622. The number of hydrogen-bond donors (Lipinski definition) is 1. The smallest absolute Gasteiger partial charge is 0.413 e. The lowest BCUT2D eigenvalue weighted by molar-refractivity contribution is -0.146. The predicted molar refractivity (Wildman–Crippen MR) is 86.8 cm³/mol. The van der Waals surface area contributed by atoms with Crippen molar-refractivity contribution >= 4 is 24.3 Å². The van der Waals surface area contributed by atoms with Crippen LogP contribution in [0.25, 0.3) is 0 Å². The fourth-order valence-electron chi connectivity index (χ4n) is 2.05. The van der Waals surface area contributed by atoms with Crippen molar-refractivity contribution < 1.29 is 23.8 Å². The number of pyridine rings is 1. The number of rotatable bonds is 4. The van der Waals surface area contributed by atoms with Crippen LogP contribution in [0.1, 0.15) is 39.4 Å².